The molecule has 0 radical (unpaired) electrons. The van der Waals surface area contributed by atoms with Crippen LogP contribution in [0, 0.1) is 11.3 Å². The molecule has 2 fully saturated rings. The van der Waals surface area contributed by atoms with Crippen molar-refractivity contribution in [2.75, 3.05) is 6.54 Å². The Hall–Kier alpha value is -2.17. The average molecular weight is 325 g/mol. The van der Waals surface area contributed by atoms with Crippen LogP contribution in [-0.2, 0) is 0 Å². The first-order valence-electron chi connectivity index (χ1n) is 8.82. The smallest absolute Gasteiger partial charge is 0.274 e. The normalized spacial score (nSPS) is 18.8. The molecule has 0 saturated heterocycles. The molecular weight excluding hydrogens is 302 g/mol. The third-order valence-electron chi connectivity index (χ3n) is 5.47. The zero-order chi connectivity index (χ0) is 16.9. The molecule has 0 spiro atoms. The summed E-state index contributed by atoms with van der Waals surface area (Å²) in [6.07, 6.45) is 5.04. The number of benzene rings is 1. The van der Waals surface area contributed by atoms with Crippen molar-refractivity contribution in [1.82, 2.24) is 15.1 Å². The van der Waals surface area contributed by atoms with Gasteiger partial charge in [0.05, 0.1) is 11.4 Å². The maximum Gasteiger partial charge on any atom is 0.274 e. The van der Waals surface area contributed by atoms with E-state index in [2.05, 4.69) is 10.4 Å². The van der Waals surface area contributed by atoms with E-state index in [1.54, 1.807) is 12.1 Å². The number of hydrogen-bond donors (Lipinski definition) is 1. The number of carbonyl (C=O) groups excluding carboxylic acids is 1. The van der Waals surface area contributed by atoms with Crippen LogP contribution in [0.3, 0.4) is 0 Å². The second-order valence-corrected chi connectivity index (χ2v) is 7.56. The number of rotatable bonds is 5. The van der Waals surface area contributed by atoms with Gasteiger partial charge in [-0.05, 0) is 56.9 Å². The molecule has 4 rings (SSSR count). The summed E-state index contributed by atoms with van der Waals surface area (Å²) in [6, 6.07) is 7.14. The van der Waals surface area contributed by atoms with Crippen LogP contribution in [-0.4, -0.2) is 22.2 Å². The summed E-state index contributed by atoms with van der Waals surface area (Å²) in [6.45, 7) is 4.53. The molecule has 2 aliphatic rings. The molecule has 2 aliphatic carbocycles. The van der Waals surface area contributed by atoms with Gasteiger partial charge in [0.25, 0.3) is 11.5 Å². The Morgan fingerprint density at radius 1 is 1.29 bits per heavy atom. The van der Waals surface area contributed by atoms with Gasteiger partial charge in [0.15, 0.2) is 5.69 Å². The molecule has 0 aliphatic heterocycles. The van der Waals surface area contributed by atoms with E-state index in [4.69, 9.17) is 0 Å². The number of carbonyl (C=O) groups is 1. The third-order valence-corrected chi connectivity index (χ3v) is 5.47. The Bertz CT molecular complexity index is 861. The summed E-state index contributed by atoms with van der Waals surface area (Å²) in [4.78, 5) is 25.3. The molecule has 126 valence electrons. The highest BCUT2D eigenvalue weighted by Crippen LogP contribution is 2.60. The Kier molecular flexibility index (Phi) is 3.48. The number of hydrogen-bond acceptors (Lipinski definition) is 3. The molecule has 1 N–H and O–H groups in total. The van der Waals surface area contributed by atoms with Gasteiger partial charge < -0.3 is 5.32 Å². The second kappa shape index (κ2) is 5.43. The fourth-order valence-corrected chi connectivity index (χ4v) is 3.65. The van der Waals surface area contributed by atoms with Crippen molar-refractivity contribution in [3.8, 4) is 0 Å². The van der Waals surface area contributed by atoms with Crippen LogP contribution in [0.1, 0.15) is 56.1 Å². The highest BCUT2D eigenvalue weighted by atomic mass is 16.2. The molecule has 5 heteroatoms. The van der Waals surface area contributed by atoms with Crippen LogP contribution in [0.25, 0.3) is 10.8 Å². The van der Waals surface area contributed by atoms with Crippen molar-refractivity contribution in [1.29, 1.82) is 0 Å². The molecule has 24 heavy (non-hydrogen) atoms. The van der Waals surface area contributed by atoms with Crippen molar-refractivity contribution >= 4 is 16.7 Å². The van der Waals surface area contributed by atoms with E-state index in [-0.39, 0.29) is 17.5 Å². The minimum atomic E-state index is -0.174. The molecule has 1 aromatic heterocycles. The van der Waals surface area contributed by atoms with E-state index in [0.717, 1.165) is 12.5 Å². The fourth-order valence-electron chi connectivity index (χ4n) is 3.65. The lowest BCUT2D eigenvalue weighted by atomic mass is 10.0. The predicted molar refractivity (Wildman–Crippen MR) is 93.1 cm³/mol. The molecule has 0 bridgehead atoms. The average Bonchev–Trinajstić information content (AvgIpc) is 3.46. The van der Waals surface area contributed by atoms with Gasteiger partial charge in [-0.15, -0.1) is 0 Å². The fraction of sp³-hybridized carbons (Fsp3) is 0.526. The number of nitrogens with zero attached hydrogens (tertiary/aromatic N) is 2. The molecule has 5 nitrogen and oxygen atoms in total. The molecule has 0 atom stereocenters. The van der Waals surface area contributed by atoms with Gasteiger partial charge in [0, 0.05) is 11.9 Å². The first-order chi connectivity index (χ1) is 11.5. The molecule has 2 saturated carbocycles. The summed E-state index contributed by atoms with van der Waals surface area (Å²) < 4.78 is 1.41. The van der Waals surface area contributed by atoms with E-state index in [9.17, 15) is 9.59 Å². The van der Waals surface area contributed by atoms with Crippen LogP contribution in [0.2, 0.25) is 0 Å². The molecular formula is C19H23N3O2. The van der Waals surface area contributed by atoms with Gasteiger partial charge in [0.1, 0.15) is 0 Å². The van der Waals surface area contributed by atoms with Gasteiger partial charge in [-0.2, -0.15) is 5.10 Å². The van der Waals surface area contributed by atoms with Crippen molar-refractivity contribution in [2.45, 2.75) is 45.6 Å². The van der Waals surface area contributed by atoms with Crippen LogP contribution >= 0.6 is 0 Å². The number of aromatic nitrogens is 2. The Labute approximate surface area is 141 Å². The van der Waals surface area contributed by atoms with Crippen LogP contribution in [0.4, 0.5) is 0 Å². The van der Waals surface area contributed by atoms with Crippen LogP contribution < -0.4 is 10.9 Å². The van der Waals surface area contributed by atoms with E-state index in [1.165, 1.54) is 30.4 Å². The van der Waals surface area contributed by atoms with Crippen LogP contribution in [0.5, 0.6) is 0 Å². The molecule has 2 aromatic rings. The highest BCUT2D eigenvalue weighted by molar-refractivity contribution is 6.04. The number of fused-ring (bicyclic) bond motifs is 1. The summed E-state index contributed by atoms with van der Waals surface area (Å²) in [5.41, 5.74) is 0.553. The molecule has 1 aromatic carbocycles. The van der Waals surface area contributed by atoms with Gasteiger partial charge in [0.2, 0.25) is 0 Å². The maximum absolute atomic E-state index is 12.8. The zero-order valence-corrected chi connectivity index (χ0v) is 14.2. The van der Waals surface area contributed by atoms with Crippen molar-refractivity contribution in [3.63, 3.8) is 0 Å². The second-order valence-electron chi connectivity index (χ2n) is 7.56. The lowest BCUT2D eigenvalue weighted by Crippen LogP contribution is -2.34. The van der Waals surface area contributed by atoms with Gasteiger partial charge >= 0.3 is 0 Å². The van der Waals surface area contributed by atoms with E-state index in [0.29, 0.717) is 21.9 Å². The van der Waals surface area contributed by atoms with Gasteiger partial charge in [-0.1, -0.05) is 18.2 Å². The van der Waals surface area contributed by atoms with Crippen molar-refractivity contribution in [2.24, 2.45) is 11.3 Å². The Morgan fingerprint density at radius 2 is 1.96 bits per heavy atom. The van der Waals surface area contributed by atoms with E-state index < -0.39 is 0 Å². The zero-order valence-electron chi connectivity index (χ0n) is 14.2. The summed E-state index contributed by atoms with van der Waals surface area (Å²) >= 11 is 0. The Morgan fingerprint density at radius 3 is 2.54 bits per heavy atom. The number of amides is 1. The minimum absolute atomic E-state index is 0.0881. The van der Waals surface area contributed by atoms with Crippen LogP contribution in [0.15, 0.2) is 29.1 Å². The lowest BCUT2D eigenvalue weighted by molar-refractivity contribution is 0.0937. The minimum Gasteiger partial charge on any atom is -0.350 e. The number of nitrogens with one attached hydrogen (secondary N) is 1. The topological polar surface area (TPSA) is 64.0 Å². The first-order valence-corrected chi connectivity index (χ1v) is 8.82. The quantitative estimate of drug-likeness (QED) is 0.919. The summed E-state index contributed by atoms with van der Waals surface area (Å²) in [5.74, 6) is 0.625. The summed E-state index contributed by atoms with van der Waals surface area (Å²) in [7, 11) is 0. The maximum atomic E-state index is 12.8. The highest BCUT2D eigenvalue weighted by Gasteiger charge is 2.53. The lowest BCUT2D eigenvalue weighted by Gasteiger charge is -2.16. The largest absolute Gasteiger partial charge is 0.350 e. The SMILES string of the molecule is CC(C)n1nc(C(=O)NCC2(C3CC3)CC2)c2ccccc2c1=O. The molecule has 1 amide bonds. The van der Waals surface area contributed by atoms with E-state index >= 15 is 0 Å². The van der Waals surface area contributed by atoms with E-state index in [1.807, 2.05) is 26.0 Å². The monoisotopic (exact) mass is 325 g/mol. The third kappa shape index (κ3) is 2.52. The molecule has 0 unspecified atom stereocenters. The van der Waals surface area contributed by atoms with Crippen molar-refractivity contribution < 1.29 is 4.79 Å². The van der Waals surface area contributed by atoms with Gasteiger partial charge in [-0.3, -0.25) is 9.59 Å². The summed E-state index contributed by atoms with van der Waals surface area (Å²) in [5, 5.41) is 8.64. The predicted octanol–water partition coefficient (Wildman–Crippen LogP) is 2.90. The molecule has 1 heterocycles. The van der Waals surface area contributed by atoms with Crippen molar-refractivity contribution in [3.05, 3.63) is 40.3 Å². The standard InChI is InChI=1S/C19H23N3O2/c1-12(2)22-18(24)15-6-4-3-5-14(15)16(21-22)17(23)20-11-19(9-10-19)13-7-8-13/h3-6,12-13H,7-11H2,1-2H3,(H,20,23). The Balaban J connectivity index is 1.68. The first kappa shape index (κ1) is 15.4. The van der Waals surface area contributed by atoms with Gasteiger partial charge in [-0.25, -0.2) is 4.68 Å².